The number of carbonyl (C=O) groups excluding carboxylic acids is 1. The maximum atomic E-state index is 12.3. The molecule has 0 aromatic rings. The molecule has 0 bridgehead atoms. The predicted molar refractivity (Wildman–Crippen MR) is 82.8 cm³/mol. The van der Waals surface area contributed by atoms with Crippen molar-refractivity contribution in [2.45, 2.75) is 38.4 Å². The van der Waals surface area contributed by atoms with Gasteiger partial charge in [-0.25, -0.2) is 0 Å². The molecule has 1 fully saturated rings. The second-order valence-electron chi connectivity index (χ2n) is 5.42. The van der Waals surface area contributed by atoms with Crippen molar-refractivity contribution in [3.63, 3.8) is 0 Å². The number of piperidine rings is 1. The zero-order chi connectivity index (χ0) is 13.9. The van der Waals surface area contributed by atoms with Gasteiger partial charge in [-0.2, -0.15) is 11.8 Å². The highest BCUT2D eigenvalue weighted by Crippen LogP contribution is 2.35. The lowest BCUT2D eigenvalue weighted by atomic mass is 9.92. The highest BCUT2D eigenvalue weighted by atomic mass is 32.2. The van der Waals surface area contributed by atoms with Crippen LogP contribution >= 0.6 is 24.0 Å². The molecule has 1 unspecified atom stereocenters. The van der Waals surface area contributed by atoms with Crippen LogP contribution in [-0.4, -0.2) is 39.9 Å². The Hall–Kier alpha value is -0.290. The Bertz CT molecular complexity index is 323. The summed E-state index contributed by atoms with van der Waals surface area (Å²) in [5.41, 5.74) is 5.85. The molecule has 18 heavy (non-hydrogen) atoms. The minimum atomic E-state index is -0.104. The lowest BCUT2D eigenvalue weighted by Gasteiger charge is -2.41. The van der Waals surface area contributed by atoms with Crippen molar-refractivity contribution < 1.29 is 4.79 Å². The van der Waals surface area contributed by atoms with Crippen molar-refractivity contribution >= 4 is 34.9 Å². The summed E-state index contributed by atoms with van der Waals surface area (Å²) in [5.74, 6) is 0.750. The van der Waals surface area contributed by atoms with Gasteiger partial charge in [-0.1, -0.05) is 33.0 Å². The van der Waals surface area contributed by atoms with Gasteiger partial charge in [0.2, 0.25) is 5.91 Å². The van der Waals surface area contributed by atoms with Gasteiger partial charge in [0.1, 0.15) is 0 Å². The van der Waals surface area contributed by atoms with Crippen molar-refractivity contribution in [1.82, 2.24) is 4.90 Å². The standard InChI is InChI=1S/C13H24N2OS2/c1-9(2)10(3)11(16)15-7-5-13(18-4,6-8-15)12(14)17/h9-10H,5-8H2,1-4H3,(H2,14,17). The maximum absolute atomic E-state index is 12.3. The summed E-state index contributed by atoms with van der Waals surface area (Å²) in [4.78, 5) is 14.8. The van der Waals surface area contributed by atoms with Crippen LogP contribution in [-0.2, 0) is 4.79 Å². The summed E-state index contributed by atoms with van der Waals surface area (Å²) in [6.07, 6.45) is 3.80. The van der Waals surface area contributed by atoms with E-state index in [1.807, 2.05) is 18.1 Å². The number of thioether (sulfide) groups is 1. The number of thiocarbonyl (C=S) groups is 1. The number of carbonyl (C=O) groups is 1. The average molecular weight is 288 g/mol. The third kappa shape index (κ3) is 3.18. The monoisotopic (exact) mass is 288 g/mol. The van der Waals surface area contributed by atoms with Gasteiger partial charge in [0.05, 0.1) is 9.74 Å². The highest BCUT2D eigenvalue weighted by molar-refractivity contribution is 8.02. The van der Waals surface area contributed by atoms with E-state index in [1.54, 1.807) is 11.8 Å². The molecular formula is C13H24N2OS2. The van der Waals surface area contributed by atoms with Crippen molar-refractivity contribution in [2.75, 3.05) is 19.3 Å². The van der Waals surface area contributed by atoms with Gasteiger partial charge in [0.25, 0.3) is 0 Å². The molecule has 104 valence electrons. The first kappa shape index (κ1) is 15.8. The molecule has 3 nitrogen and oxygen atoms in total. The second-order valence-corrected chi connectivity index (χ2v) is 7.05. The van der Waals surface area contributed by atoms with Gasteiger partial charge in [-0.3, -0.25) is 4.79 Å². The molecule has 0 saturated carbocycles. The van der Waals surface area contributed by atoms with Crippen LogP contribution in [0.15, 0.2) is 0 Å². The van der Waals surface area contributed by atoms with E-state index >= 15 is 0 Å². The highest BCUT2D eigenvalue weighted by Gasteiger charge is 2.38. The number of likely N-dealkylation sites (tertiary alicyclic amines) is 1. The van der Waals surface area contributed by atoms with Gasteiger partial charge in [-0.05, 0) is 25.0 Å². The molecule has 0 radical (unpaired) electrons. The Kier molecular flexibility index (Phi) is 5.46. The Balaban J connectivity index is 2.64. The Morgan fingerprint density at radius 1 is 1.33 bits per heavy atom. The number of rotatable bonds is 4. The maximum Gasteiger partial charge on any atom is 0.225 e. The lowest BCUT2D eigenvalue weighted by Crippen LogP contribution is -2.51. The molecule has 1 amide bonds. The first-order chi connectivity index (χ1) is 8.34. The van der Waals surface area contributed by atoms with Crippen LogP contribution in [0.1, 0.15) is 33.6 Å². The first-order valence-corrected chi connectivity index (χ1v) is 8.11. The molecular weight excluding hydrogens is 264 g/mol. The van der Waals surface area contributed by atoms with Crippen LogP contribution in [0.3, 0.4) is 0 Å². The summed E-state index contributed by atoms with van der Waals surface area (Å²) in [6, 6.07) is 0. The molecule has 0 spiro atoms. The molecule has 1 atom stereocenters. The summed E-state index contributed by atoms with van der Waals surface area (Å²) in [5, 5.41) is 0. The van der Waals surface area contributed by atoms with E-state index in [-0.39, 0.29) is 16.6 Å². The normalized spacial score (nSPS) is 20.8. The van der Waals surface area contributed by atoms with Crippen LogP contribution in [0.25, 0.3) is 0 Å². The smallest absolute Gasteiger partial charge is 0.225 e. The number of nitrogens with two attached hydrogens (primary N) is 1. The topological polar surface area (TPSA) is 46.3 Å². The molecule has 5 heteroatoms. The zero-order valence-corrected chi connectivity index (χ0v) is 13.4. The van der Waals surface area contributed by atoms with Gasteiger partial charge in [0, 0.05) is 19.0 Å². The average Bonchev–Trinajstić information content (AvgIpc) is 2.36. The van der Waals surface area contributed by atoms with Crippen molar-refractivity contribution in [2.24, 2.45) is 17.6 Å². The van der Waals surface area contributed by atoms with E-state index in [4.69, 9.17) is 18.0 Å². The minimum Gasteiger partial charge on any atom is -0.392 e. The number of hydrogen-bond acceptors (Lipinski definition) is 3. The SMILES string of the molecule is CSC1(C(N)=S)CCN(C(=O)C(C)C(C)C)CC1. The number of amides is 1. The molecule has 1 heterocycles. The van der Waals surface area contributed by atoms with Crippen molar-refractivity contribution in [3.05, 3.63) is 0 Å². The second kappa shape index (κ2) is 6.24. The third-order valence-electron chi connectivity index (χ3n) is 4.11. The van der Waals surface area contributed by atoms with Gasteiger partial charge >= 0.3 is 0 Å². The molecule has 2 N–H and O–H groups in total. The van der Waals surface area contributed by atoms with Crippen LogP contribution < -0.4 is 5.73 Å². The van der Waals surface area contributed by atoms with Gasteiger partial charge in [-0.15, -0.1) is 0 Å². The minimum absolute atomic E-state index is 0.0941. The summed E-state index contributed by atoms with van der Waals surface area (Å²) < 4.78 is -0.104. The number of hydrogen-bond donors (Lipinski definition) is 1. The van der Waals surface area contributed by atoms with Crippen LogP contribution in [0.4, 0.5) is 0 Å². The zero-order valence-electron chi connectivity index (χ0n) is 11.7. The summed E-state index contributed by atoms with van der Waals surface area (Å²) in [7, 11) is 0. The van der Waals surface area contributed by atoms with Crippen LogP contribution in [0.2, 0.25) is 0 Å². The van der Waals surface area contributed by atoms with Crippen molar-refractivity contribution in [3.8, 4) is 0 Å². The summed E-state index contributed by atoms with van der Waals surface area (Å²) in [6.45, 7) is 7.74. The fraction of sp³-hybridized carbons (Fsp3) is 0.846. The fourth-order valence-electron chi connectivity index (χ4n) is 2.21. The molecule has 0 aromatic heterocycles. The Morgan fingerprint density at radius 2 is 1.83 bits per heavy atom. The van der Waals surface area contributed by atoms with E-state index in [2.05, 4.69) is 13.8 Å². The van der Waals surface area contributed by atoms with Crippen LogP contribution in [0, 0.1) is 11.8 Å². The van der Waals surface area contributed by atoms with Gasteiger partial charge in [0.15, 0.2) is 0 Å². The number of nitrogens with zero attached hydrogens (tertiary/aromatic N) is 1. The molecule has 0 aromatic carbocycles. The predicted octanol–water partition coefficient (Wildman–Crippen LogP) is 2.29. The quantitative estimate of drug-likeness (QED) is 0.806. The van der Waals surface area contributed by atoms with E-state index in [0.29, 0.717) is 10.9 Å². The van der Waals surface area contributed by atoms with Crippen LogP contribution in [0.5, 0.6) is 0 Å². The lowest BCUT2D eigenvalue weighted by molar-refractivity contribution is -0.137. The molecule has 1 aliphatic rings. The fourth-order valence-corrected chi connectivity index (χ4v) is 3.46. The van der Waals surface area contributed by atoms with E-state index < -0.39 is 0 Å². The Morgan fingerprint density at radius 3 is 2.17 bits per heavy atom. The largest absolute Gasteiger partial charge is 0.392 e. The molecule has 0 aliphatic carbocycles. The van der Waals surface area contributed by atoms with Gasteiger partial charge < -0.3 is 10.6 Å². The summed E-state index contributed by atoms with van der Waals surface area (Å²) >= 11 is 6.90. The molecule has 1 aliphatic heterocycles. The Labute approximate surface area is 120 Å². The third-order valence-corrected chi connectivity index (χ3v) is 6.04. The van der Waals surface area contributed by atoms with E-state index in [9.17, 15) is 4.79 Å². The molecule has 1 saturated heterocycles. The molecule has 1 rings (SSSR count). The van der Waals surface area contributed by atoms with E-state index in [0.717, 1.165) is 25.9 Å². The van der Waals surface area contributed by atoms with E-state index in [1.165, 1.54) is 0 Å². The first-order valence-electron chi connectivity index (χ1n) is 6.48. The van der Waals surface area contributed by atoms with Crippen molar-refractivity contribution in [1.29, 1.82) is 0 Å².